The normalized spacial score (nSPS) is 17.1. The average Bonchev–Trinajstić information content (AvgIpc) is 3.04. The van der Waals surface area contributed by atoms with Crippen LogP contribution in [0, 0.1) is 0 Å². The summed E-state index contributed by atoms with van der Waals surface area (Å²) in [6.45, 7) is 5.20. The number of carbonyl (C=O) groups is 5. The smallest absolute Gasteiger partial charge is 0.407 e. The lowest BCUT2D eigenvalue weighted by Gasteiger charge is -2.30. The van der Waals surface area contributed by atoms with E-state index >= 15 is 0 Å². The van der Waals surface area contributed by atoms with E-state index in [1.54, 1.807) is 51.1 Å². The van der Waals surface area contributed by atoms with Crippen molar-refractivity contribution in [2.45, 2.75) is 70.2 Å². The number of alkyl carbamates (subject to hydrolysis) is 1. The predicted molar refractivity (Wildman–Crippen MR) is 177 cm³/mol. The highest BCUT2D eigenvalue weighted by atomic mass is 16.6. The standard InChI is InChI=1S/C34H47N5O9/c1-34(2,3)48-33(44)36-15-9-8-10-24(35)31(42)39(4)29-21-12-14-27(46-6)23(18-21)22-16-20(11-13-26(22)45-5)17-25(32(43)47-7)38-28(40)19-37-30(29)41/h11-14,16,18,24-25,29H,8-10,15,17,19,35H2,1-7H3,(H,36,44)(H,37,41)(H,38,40)/t24-,25-,29-/m0/s1. The number of esters is 1. The van der Waals surface area contributed by atoms with E-state index < -0.39 is 60.1 Å². The van der Waals surface area contributed by atoms with Crippen LogP contribution in [0.4, 0.5) is 4.79 Å². The highest BCUT2D eigenvalue weighted by Crippen LogP contribution is 2.39. The Morgan fingerprint density at radius 1 is 1.00 bits per heavy atom. The Labute approximate surface area is 281 Å². The third-order valence-corrected chi connectivity index (χ3v) is 7.69. The Balaban J connectivity index is 1.93. The molecule has 0 saturated heterocycles. The van der Waals surface area contributed by atoms with Crippen molar-refractivity contribution in [1.29, 1.82) is 0 Å². The first-order chi connectivity index (χ1) is 22.7. The van der Waals surface area contributed by atoms with Gasteiger partial charge in [0.15, 0.2) is 0 Å². The molecular weight excluding hydrogens is 622 g/mol. The number of nitrogens with one attached hydrogen (secondary N) is 3. The minimum absolute atomic E-state index is 0.111. The molecule has 1 aliphatic rings. The van der Waals surface area contributed by atoms with Gasteiger partial charge in [0.2, 0.25) is 17.7 Å². The molecule has 3 rings (SSSR count). The molecule has 0 aromatic heterocycles. The third-order valence-electron chi connectivity index (χ3n) is 7.69. The van der Waals surface area contributed by atoms with Gasteiger partial charge in [-0.2, -0.15) is 0 Å². The SMILES string of the molecule is COC(=O)[C@@H]1Cc2ccc(OC)c(c2)-c2cc(ccc2OC)[C@H](N(C)C(=O)[C@@H](N)CCCCNC(=O)OC(C)(C)C)C(=O)NCC(=O)N1. The lowest BCUT2D eigenvalue weighted by Crippen LogP contribution is -2.50. The number of nitrogens with zero attached hydrogens (tertiary/aromatic N) is 1. The van der Waals surface area contributed by atoms with Crippen molar-refractivity contribution >= 4 is 29.8 Å². The Bertz CT molecular complexity index is 1490. The van der Waals surface area contributed by atoms with Gasteiger partial charge in [0, 0.05) is 31.1 Å². The van der Waals surface area contributed by atoms with Gasteiger partial charge in [-0.05, 0) is 75.4 Å². The molecule has 0 unspecified atom stereocenters. The Morgan fingerprint density at radius 2 is 1.65 bits per heavy atom. The van der Waals surface area contributed by atoms with Crippen molar-refractivity contribution in [3.05, 3.63) is 47.5 Å². The summed E-state index contributed by atoms with van der Waals surface area (Å²) >= 11 is 0. The number of methoxy groups -OCH3 is 3. The maximum atomic E-state index is 13.8. The molecule has 2 aromatic carbocycles. The van der Waals surface area contributed by atoms with E-state index in [9.17, 15) is 24.0 Å². The number of ether oxygens (including phenoxy) is 4. The topological polar surface area (TPSA) is 188 Å². The van der Waals surface area contributed by atoms with Crippen LogP contribution in [0.25, 0.3) is 11.1 Å². The zero-order chi connectivity index (χ0) is 35.6. The Hall–Kier alpha value is -4.85. The lowest BCUT2D eigenvalue weighted by molar-refractivity contribution is -0.145. The number of amides is 4. The molecule has 14 heteroatoms. The predicted octanol–water partition coefficient (Wildman–Crippen LogP) is 2.22. The summed E-state index contributed by atoms with van der Waals surface area (Å²) in [5.74, 6) is -1.44. The monoisotopic (exact) mass is 669 g/mol. The number of nitrogens with two attached hydrogens (primary N) is 1. The summed E-state index contributed by atoms with van der Waals surface area (Å²) in [5.41, 5.74) is 8.01. The lowest BCUT2D eigenvalue weighted by atomic mass is 9.93. The fourth-order valence-electron chi connectivity index (χ4n) is 5.34. The van der Waals surface area contributed by atoms with Gasteiger partial charge in [-0.1, -0.05) is 12.1 Å². The van der Waals surface area contributed by atoms with Crippen LogP contribution in [0.5, 0.6) is 11.5 Å². The number of rotatable bonds is 10. The summed E-state index contributed by atoms with van der Waals surface area (Å²) in [6, 6.07) is 7.23. The van der Waals surface area contributed by atoms with Crippen LogP contribution in [0.1, 0.15) is 57.2 Å². The molecular formula is C34H47N5O9. The van der Waals surface area contributed by atoms with Crippen LogP contribution in [-0.2, 0) is 35.1 Å². The molecule has 262 valence electrons. The fraction of sp³-hybridized carbons (Fsp3) is 0.500. The number of likely N-dealkylation sites (N-methyl/N-ethyl adjacent to an activating group) is 1. The van der Waals surface area contributed by atoms with Crippen molar-refractivity contribution in [2.75, 3.05) is 41.5 Å². The van der Waals surface area contributed by atoms with Crippen LogP contribution in [0.15, 0.2) is 36.4 Å². The molecule has 4 amide bonds. The first-order valence-electron chi connectivity index (χ1n) is 15.7. The molecule has 14 nitrogen and oxygen atoms in total. The molecule has 0 fully saturated rings. The van der Waals surface area contributed by atoms with Gasteiger partial charge >= 0.3 is 12.1 Å². The summed E-state index contributed by atoms with van der Waals surface area (Å²) < 4.78 is 21.5. The molecule has 1 heterocycles. The molecule has 3 atom stereocenters. The fourth-order valence-corrected chi connectivity index (χ4v) is 5.34. The molecule has 48 heavy (non-hydrogen) atoms. The van der Waals surface area contributed by atoms with Gasteiger partial charge in [-0.25, -0.2) is 9.59 Å². The number of unbranched alkanes of at least 4 members (excludes halogenated alkanes) is 1. The molecule has 5 N–H and O–H groups in total. The zero-order valence-corrected chi connectivity index (χ0v) is 28.6. The summed E-state index contributed by atoms with van der Waals surface area (Å²) in [4.78, 5) is 66.0. The number of hydrogen-bond acceptors (Lipinski definition) is 10. The van der Waals surface area contributed by atoms with Crippen molar-refractivity contribution in [1.82, 2.24) is 20.9 Å². The molecule has 4 bridgehead atoms. The summed E-state index contributed by atoms with van der Waals surface area (Å²) in [5, 5.41) is 7.90. The van der Waals surface area contributed by atoms with Crippen LogP contribution < -0.4 is 31.2 Å². The number of benzene rings is 2. The number of fused-ring (bicyclic) bond motifs is 5. The van der Waals surface area contributed by atoms with Crippen LogP contribution >= 0.6 is 0 Å². The van der Waals surface area contributed by atoms with E-state index in [0.29, 0.717) is 59.6 Å². The second-order valence-corrected chi connectivity index (χ2v) is 12.4. The summed E-state index contributed by atoms with van der Waals surface area (Å²) in [6.07, 6.45) is 0.957. The average molecular weight is 670 g/mol. The first kappa shape index (κ1) is 37.6. The van der Waals surface area contributed by atoms with Gasteiger partial charge in [-0.15, -0.1) is 0 Å². The molecule has 0 spiro atoms. The van der Waals surface area contributed by atoms with Gasteiger partial charge in [0.1, 0.15) is 29.2 Å². The molecule has 1 aliphatic heterocycles. The first-order valence-corrected chi connectivity index (χ1v) is 15.7. The van der Waals surface area contributed by atoms with E-state index in [1.165, 1.54) is 33.3 Å². The van der Waals surface area contributed by atoms with Crippen LogP contribution in [0.3, 0.4) is 0 Å². The zero-order valence-electron chi connectivity index (χ0n) is 28.6. The quantitative estimate of drug-likeness (QED) is 0.216. The minimum atomic E-state index is -1.19. The van der Waals surface area contributed by atoms with Crippen molar-refractivity contribution in [3.63, 3.8) is 0 Å². The molecule has 0 aliphatic carbocycles. The molecule has 0 saturated carbocycles. The molecule has 0 radical (unpaired) electrons. The highest BCUT2D eigenvalue weighted by molar-refractivity contribution is 5.94. The number of hydrogen-bond donors (Lipinski definition) is 4. The van der Waals surface area contributed by atoms with Crippen molar-refractivity contribution < 1.29 is 42.9 Å². The Morgan fingerprint density at radius 3 is 2.27 bits per heavy atom. The minimum Gasteiger partial charge on any atom is -0.496 e. The van der Waals surface area contributed by atoms with E-state index in [1.807, 2.05) is 6.07 Å². The maximum Gasteiger partial charge on any atom is 0.407 e. The van der Waals surface area contributed by atoms with Crippen LogP contribution in [0.2, 0.25) is 0 Å². The second kappa shape index (κ2) is 16.8. The van der Waals surface area contributed by atoms with Crippen LogP contribution in [-0.4, -0.2) is 93.8 Å². The van der Waals surface area contributed by atoms with Gasteiger partial charge in [-0.3, -0.25) is 14.4 Å². The van der Waals surface area contributed by atoms with Gasteiger partial charge < -0.3 is 45.5 Å². The third kappa shape index (κ3) is 10.1. The second-order valence-electron chi connectivity index (χ2n) is 12.4. The highest BCUT2D eigenvalue weighted by Gasteiger charge is 2.33. The largest absolute Gasteiger partial charge is 0.496 e. The van der Waals surface area contributed by atoms with Crippen molar-refractivity contribution in [2.24, 2.45) is 5.73 Å². The van der Waals surface area contributed by atoms with Gasteiger partial charge in [0.05, 0.1) is 33.9 Å². The molecule has 2 aromatic rings. The van der Waals surface area contributed by atoms with E-state index in [4.69, 9.17) is 24.7 Å². The maximum absolute atomic E-state index is 13.8. The van der Waals surface area contributed by atoms with Gasteiger partial charge in [0.25, 0.3) is 0 Å². The van der Waals surface area contributed by atoms with Crippen molar-refractivity contribution in [3.8, 4) is 22.6 Å². The summed E-state index contributed by atoms with van der Waals surface area (Å²) in [7, 11) is 5.72. The van der Waals surface area contributed by atoms with E-state index in [0.717, 1.165) is 0 Å². The number of carbonyl (C=O) groups excluding carboxylic acids is 5. The van der Waals surface area contributed by atoms with E-state index in [-0.39, 0.29) is 6.42 Å². The van der Waals surface area contributed by atoms with E-state index in [2.05, 4.69) is 16.0 Å². The Kier molecular flexibility index (Phi) is 13.2.